The largest absolute Gasteiger partial charge is 0.491 e. The number of nitrogen functional groups attached to an aromatic ring is 1. The molecular weight excluding hydrogens is 239 g/mol. The standard InChI is InChI=1S/C14H25BN2O2/c1-11(2)8-9-19-13-7-5-6-12(14(13)16)10-17(4)15(3)18/h5-7,11,18H,8-10,16H2,1-4H3. The minimum Gasteiger partial charge on any atom is -0.491 e. The van der Waals surface area contributed by atoms with Gasteiger partial charge in [0.05, 0.1) is 12.3 Å². The molecule has 19 heavy (non-hydrogen) atoms. The first-order valence-electron chi connectivity index (χ1n) is 6.80. The van der Waals surface area contributed by atoms with Crippen molar-refractivity contribution in [2.75, 3.05) is 19.4 Å². The number of nitrogens with two attached hydrogens (primary N) is 1. The highest BCUT2D eigenvalue weighted by Gasteiger charge is 2.14. The van der Waals surface area contributed by atoms with Crippen molar-refractivity contribution in [2.24, 2.45) is 5.92 Å². The van der Waals surface area contributed by atoms with Gasteiger partial charge in [0.1, 0.15) is 5.75 Å². The van der Waals surface area contributed by atoms with Crippen LogP contribution in [-0.4, -0.2) is 30.5 Å². The summed E-state index contributed by atoms with van der Waals surface area (Å²) in [6, 6.07) is 5.79. The number of rotatable bonds is 7. The summed E-state index contributed by atoms with van der Waals surface area (Å²) in [5, 5.41) is 9.50. The number of para-hydroxylation sites is 1. The van der Waals surface area contributed by atoms with E-state index in [1.54, 1.807) is 6.82 Å². The van der Waals surface area contributed by atoms with Crippen LogP contribution in [0.1, 0.15) is 25.8 Å². The molecule has 0 aromatic heterocycles. The SMILES string of the molecule is CB(O)N(C)Cc1cccc(OCCC(C)C)c1N. The molecule has 0 atom stereocenters. The fraction of sp³-hybridized carbons (Fsp3) is 0.571. The number of nitrogens with zero attached hydrogens (tertiary/aromatic N) is 1. The first-order valence-corrected chi connectivity index (χ1v) is 6.80. The molecule has 0 radical (unpaired) electrons. The van der Waals surface area contributed by atoms with E-state index in [2.05, 4.69) is 13.8 Å². The fourth-order valence-electron chi connectivity index (χ4n) is 1.66. The molecule has 106 valence electrons. The molecule has 0 fully saturated rings. The number of hydrogen-bond acceptors (Lipinski definition) is 4. The van der Waals surface area contributed by atoms with Crippen molar-refractivity contribution >= 4 is 12.7 Å². The lowest BCUT2D eigenvalue weighted by Gasteiger charge is -2.19. The highest BCUT2D eigenvalue weighted by molar-refractivity contribution is 6.45. The summed E-state index contributed by atoms with van der Waals surface area (Å²) in [5.41, 5.74) is 7.76. The minimum atomic E-state index is -0.495. The second kappa shape index (κ2) is 7.41. The van der Waals surface area contributed by atoms with Crippen molar-refractivity contribution in [3.63, 3.8) is 0 Å². The second-order valence-corrected chi connectivity index (χ2v) is 5.41. The molecule has 0 saturated carbocycles. The average Bonchev–Trinajstić information content (AvgIpc) is 2.33. The molecular formula is C14H25BN2O2. The van der Waals surface area contributed by atoms with Crippen molar-refractivity contribution in [1.82, 2.24) is 4.81 Å². The van der Waals surface area contributed by atoms with Gasteiger partial charge < -0.3 is 20.3 Å². The topological polar surface area (TPSA) is 58.7 Å². The molecule has 0 spiro atoms. The summed E-state index contributed by atoms with van der Waals surface area (Å²) in [5.74, 6) is 1.35. The van der Waals surface area contributed by atoms with E-state index in [0.717, 1.165) is 17.7 Å². The molecule has 1 aromatic carbocycles. The van der Waals surface area contributed by atoms with E-state index in [4.69, 9.17) is 10.5 Å². The average molecular weight is 264 g/mol. The maximum absolute atomic E-state index is 9.50. The van der Waals surface area contributed by atoms with Crippen LogP contribution in [0.15, 0.2) is 18.2 Å². The van der Waals surface area contributed by atoms with Gasteiger partial charge in [-0.2, -0.15) is 0 Å². The van der Waals surface area contributed by atoms with E-state index in [-0.39, 0.29) is 0 Å². The molecule has 0 amide bonds. The zero-order valence-corrected chi connectivity index (χ0v) is 12.4. The van der Waals surface area contributed by atoms with E-state index in [9.17, 15) is 5.02 Å². The third kappa shape index (κ3) is 5.13. The van der Waals surface area contributed by atoms with Crippen LogP contribution in [-0.2, 0) is 6.54 Å². The molecule has 0 aliphatic rings. The third-order valence-corrected chi connectivity index (χ3v) is 3.17. The van der Waals surface area contributed by atoms with Gasteiger partial charge in [-0.25, -0.2) is 0 Å². The van der Waals surface area contributed by atoms with Crippen LogP contribution in [0.3, 0.4) is 0 Å². The molecule has 0 heterocycles. The predicted octanol–water partition coefficient (Wildman–Crippen LogP) is 2.24. The number of ether oxygens (including phenoxy) is 1. The maximum atomic E-state index is 9.50. The quantitative estimate of drug-likeness (QED) is 0.585. The highest BCUT2D eigenvalue weighted by Crippen LogP contribution is 2.26. The van der Waals surface area contributed by atoms with E-state index in [1.807, 2.05) is 30.1 Å². The summed E-state index contributed by atoms with van der Waals surface area (Å²) in [6.45, 7) is 7.35. The molecule has 0 unspecified atom stereocenters. The van der Waals surface area contributed by atoms with Crippen LogP contribution in [0, 0.1) is 5.92 Å². The van der Waals surface area contributed by atoms with E-state index >= 15 is 0 Å². The van der Waals surface area contributed by atoms with Crippen LogP contribution in [0.25, 0.3) is 0 Å². The first kappa shape index (κ1) is 15.9. The summed E-state index contributed by atoms with van der Waals surface area (Å²) in [4.78, 5) is 1.82. The smallest absolute Gasteiger partial charge is 0.376 e. The lowest BCUT2D eigenvalue weighted by atomic mass is 9.85. The third-order valence-electron chi connectivity index (χ3n) is 3.17. The Kier molecular flexibility index (Phi) is 6.18. The molecule has 1 aromatic rings. The number of benzene rings is 1. The van der Waals surface area contributed by atoms with Crippen LogP contribution in [0.4, 0.5) is 5.69 Å². The van der Waals surface area contributed by atoms with Crippen molar-refractivity contribution in [3.05, 3.63) is 23.8 Å². The van der Waals surface area contributed by atoms with Crippen LogP contribution >= 0.6 is 0 Å². The van der Waals surface area contributed by atoms with Crippen molar-refractivity contribution < 1.29 is 9.76 Å². The monoisotopic (exact) mass is 264 g/mol. The number of anilines is 1. The lowest BCUT2D eigenvalue weighted by Crippen LogP contribution is -2.32. The van der Waals surface area contributed by atoms with E-state index in [1.165, 1.54) is 0 Å². The normalized spacial score (nSPS) is 11.1. The Hall–Kier alpha value is -1.20. The Balaban J connectivity index is 2.69. The second-order valence-electron chi connectivity index (χ2n) is 5.41. The van der Waals surface area contributed by atoms with Gasteiger partial charge in [0.15, 0.2) is 0 Å². The molecule has 0 aliphatic heterocycles. The Morgan fingerprint density at radius 3 is 2.68 bits per heavy atom. The van der Waals surface area contributed by atoms with Gasteiger partial charge in [-0.1, -0.05) is 26.0 Å². The highest BCUT2D eigenvalue weighted by atomic mass is 16.5. The molecule has 4 nitrogen and oxygen atoms in total. The minimum absolute atomic E-state index is 0.495. The van der Waals surface area contributed by atoms with Gasteiger partial charge >= 0.3 is 7.05 Å². The van der Waals surface area contributed by atoms with Crippen LogP contribution in [0.2, 0.25) is 6.82 Å². The zero-order chi connectivity index (χ0) is 14.4. The Bertz CT molecular complexity index is 397. The molecule has 0 bridgehead atoms. The molecule has 3 N–H and O–H groups in total. The first-order chi connectivity index (χ1) is 8.91. The van der Waals surface area contributed by atoms with Gasteiger partial charge in [-0.15, -0.1) is 0 Å². The van der Waals surface area contributed by atoms with Gasteiger partial charge in [0, 0.05) is 6.54 Å². The van der Waals surface area contributed by atoms with Crippen LogP contribution < -0.4 is 10.5 Å². The molecule has 0 saturated heterocycles. The Morgan fingerprint density at radius 1 is 1.42 bits per heavy atom. The fourth-order valence-corrected chi connectivity index (χ4v) is 1.66. The van der Waals surface area contributed by atoms with Crippen molar-refractivity contribution in [3.8, 4) is 5.75 Å². The summed E-state index contributed by atoms with van der Waals surface area (Å²) in [6.07, 6.45) is 1.01. The molecule has 5 heteroatoms. The summed E-state index contributed by atoms with van der Waals surface area (Å²) >= 11 is 0. The summed E-state index contributed by atoms with van der Waals surface area (Å²) < 4.78 is 5.72. The molecule has 1 rings (SSSR count). The molecule has 0 aliphatic carbocycles. The maximum Gasteiger partial charge on any atom is 0.376 e. The van der Waals surface area contributed by atoms with Gasteiger partial charge in [-0.3, -0.25) is 0 Å². The Labute approximate surface area is 116 Å². The van der Waals surface area contributed by atoms with Gasteiger partial charge in [0.2, 0.25) is 0 Å². The summed E-state index contributed by atoms with van der Waals surface area (Å²) in [7, 11) is 1.36. The predicted molar refractivity (Wildman–Crippen MR) is 81.1 cm³/mol. The zero-order valence-electron chi connectivity index (χ0n) is 12.4. The van der Waals surface area contributed by atoms with Crippen molar-refractivity contribution in [2.45, 2.75) is 33.6 Å². The van der Waals surface area contributed by atoms with Crippen LogP contribution in [0.5, 0.6) is 5.75 Å². The number of hydrogen-bond donors (Lipinski definition) is 2. The van der Waals surface area contributed by atoms with Gasteiger partial charge in [0.25, 0.3) is 0 Å². The van der Waals surface area contributed by atoms with E-state index < -0.39 is 7.05 Å². The van der Waals surface area contributed by atoms with Crippen molar-refractivity contribution in [1.29, 1.82) is 0 Å². The lowest BCUT2D eigenvalue weighted by molar-refractivity contribution is 0.290. The Morgan fingerprint density at radius 2 is 2.11 bits per heavy atom. The van der Waals surface area contributed by atoms with E-state index in [0.29, 0.717) is 24.8 Å². The van der Waals surface area contributed by atoms with Gasteiger partial charge in [-0.05, 0) is 37.8 Å².